The van der Waals surface area contributed by atoms with E-state index in [1.165, 1.54) is 23.1 Å². The molecule has 1 heterocycles. The Balaban J connectivity index is 2.01. The standard InChI is InChI=1S/C14H13FINO2/c15-9-3-4-11(10(16)7-9)17-12(18)8-14(13(17)19)5-1-2-6-14/h3-4,7H,1-2,5-6,8H2. The number of benzene rings is 1. The summed E-state index contributed by atoms with van der Waals surface area (Å²) in [6.45, 7) is 0. The van der Waals surface area contributed by atoms with Gasteiger partial charge in [-0.25, -0.2) is 9.29 Å². The zero-order valence-electron chi connectivity index (χ0n) is 10.3. The van der Waals surface area contributed by atoms with E-state index >= 15 is 0 Å². The van der Waals surface area contributed by atoms with Gasteiger partial charge in [-0.3, -0.25) is 9.59 Å². The second kappa shape index (κ2) is 4.54. The highest BCUT2D eigenvalue weighted by Gasteiger charge is 2.53. The van der Waals surface area contributed by atoms with Crippen LogP contribution in [0, 0.1) is 14.8 Å². The Labute approximate surface area is 124 Å². The summed E-state index contributed by atoms with van der Waals surface area (Å²) >= 11 is 1.96. The molecule has 5 heteroatoms. The largest absolute Gasteiger partial charge is 0.274 e. The number of carbonyl (C=O) groups excluding carboxylic acids is 2. The van der Waals surface area contributed by atoms with Crippen LogP contribution in [0.2, 0.25) is 0 Å². The molecule has 3 nitrogen and oxygen atoms in total. The second-order valence-corrected chi connectivity index (χ2v) is 6.46. The summed E-state index contributed by atoms with van der Waals surface area (Å²) in [4.78, 5) is 26.0. The maximum absolute atomic E-state index is 13.1. The summed E-state index contributed by atoms with van der Waals surface area (Å²) in [7, 11) is 0. The van der Waals surface area contributed by atoms with Crippen LogP contribution in [0.1, 0.15) is 32.1 Å². The topological polar surface area (TPSA) is 37.4 Å². The van der Waals surface area contributed by atoms with Gasteiger partial charge in [-0.1, -0.05) is 12.8 Å². The van der Waals surface area contributed by atoms with E-state index < -0.39 is 5.41 Å². The molecule has 1 spiro atoms. The average molecular weight is 373 g/mol. The number of amides is 2. The molecule has 1 aromatic carbocycles. The zero-order valence-corrected chi connectivity index (χ0v) is 12.4. The van der Waals surface area contributed by atoms with Gasteiger partial charge in [-0.15, -0.1) is 0 Å². The van der Waals surface area contributed by atoms with Crippen molar-refractivity contribution in [2.75, 3.05) is 4.90 Å². The third-order valence-electron chi connectivity index (χ3n) is 4.11. The minimum absolute atomic E-state index is 0.0977. The molecule has 3 rings (SSSR count). The maximum Gasteiger partial charge on any atom is 0.240 e. The summed E-state index contributed by atoms with van der Waals surface area (Å²) in [6, 6.07) is 4.15. The first-order valence-electron chi connectivity index (χ1n) is 6.36. The maximum atomic E-state index is 13.1. The van der Waals surface area contributed by atoms with Gasteiger partial charge in [0.25, 0.3) is 0 Å². The Kier molecular flexibility index (Phi) is 3.11. The fourth-order valence-electron chi connectivity index (χ4n) is 3.14. The molecule has 19 heavy (non-hydrogen) atoms. The highest BCUT2D eigenvalue weighted by Crippen LogP contribution is 2.48. The van der Waals surface area contributed by atoms with Crippen LogP contribution in [-0.4, -0.2) is 11.8 Å². The van der Waals surface area contributed by atoms with Crippen molar-refractivity contribution < 1.29 is 14.0 Å². The molecule has 0 atom stereocenters. The van der Waals surface area contributed by atoms with Crippen molar-refractivity contribution in [3.05, 3.63) is 27.6 Å². The van der Waals surface area contributed by atoms with E-state index in [-0.39, 0.29) is 17.6 Å². The lowest BCUT2D eigenvalue weighted by Crippen LogP contribution is -2.34. The van der Waals surface area contributed by atoms with E-state index in [2.05, 4.69) is 0 Å². The monoisotopic (exact) mass is 373 g/mol. The Bertz CT molecular complexity index is 567. The van der Waals surface area contributed by atoms with E-state index in [0.29, 0.717) is 15.7 Å². The molecule has 0 bridgehead atoms. The highest BCUT2D eigenvalue weighted by molar-refractivity contribution is 14.1. The predicted octanol–water partition coefficient (Wildman–Crippen LogP) is 3.25. The molecule has 2 fully saturated rings. The molecule has 0 radical (unpaired) electrons. The van der Waals surface area contributed by atoms with Crippen LogP contribution in [-0.2, 0) is 9.59 Å². The predicted molar refractivity (Wildman–Crippen MR) is 77.1 cm³/mol. The number of hydrogen-bond donors (Lipinski definition) is 0. The van der Waals surface area contributed by atoms with Crippen LogP contribution in [0.4, 0.5) is 10.1 Å². The van der Waals surface area contributed by atoms with Gasteiger partial charge in [0.1, 0.15) is 5.82 Å². The van der Waals surface area contributed by atoms with E-state index in [9.17, 15) is 14.0 Å². The van der Waals surface area contributed by atoms with E-state index in [1.54, 1.807) is 0 Å². The fraction of sp³-hybridized carbons (Fsp3) is 0.429. The molecule has 2 aliphatic rings. The number of hydrogen-bond acceptors (Lipinski definition) is 2. The number of imide groups is 1. The molecule has 1 aromatic rings. The molecular formula is C14H13FINO2. The number of anilines is 1. The summed E-state index contributed by atoms with van der Waals surface area (Å²) in [5.41, 5.74) is 0.0370. The SMILES string of the molecule is O=C1CC2(CCCC2)C(=O)N1c1ccc(F)cc1I. The number of rotatable bonds is 1. The van der Waals surface area contributed by atoms with Gasteiger partial charge in [0, 0.05) is 9.99 Å². The molecule has 100 valence electrons. The minimum atomic E-state index is -0.478. The average Bonchev–Trinajstić information content (AvgIpc) is 2.89. The molecule has 0 N–H and O–H groups in total. The first-order chi connectivity index (χ1) is 9.03. The van der Waals surface area contributed by atoms with Crippen LogP contribution < -0.4 is 4.90 Å². The first kappa shape index (κ1) is 13.0. The van der Waals surface area contributed by atoms with Gasteiger partial charge in [-0.05, 0) is 53.6 Å². The second-order valence-electron chi connectivity index (χ2n) is 5.29. The van der Waals surface area contributed by atoms with Crippen LogP contribution in [0.15, 0.2) is 18.2 Å². The van der Waals surface area contributed by atoms with E-state index in [0.717, 1.165) is 25.7 Å². The Hall–Kier alpha value is -0.980. The molecule has 1 aliphatic carbocycles. The van der Waals surface area contributed by atoms with Gasteiger partial charge < -0.3 is 0 Å². The van der Waals surface area contributed by atoms with Crippen LogP contribution in [0.3, 0.4) is 0 Å². The van der Waals surface area contributed by atoms with Crippen molar-refractivity contribution in [3.63, 3.8) is 0 Å². The number of halogens is 2. The van der Waals surface area contributed by atoms with Crippen molar-refractivity contribution in [1.82, 2.24) is 0 Å². The molecule has 1 saturated heterocycles. The number of nitrogens with zero attached hydrogens (tertiary/aromatic N) is 1. The lowest BCUT2D eigenvalue weighted by atomic mass is 9.84. The quantitative estimate of drug-likeness (QED) is 0.560. The molecule has 1 aliphatic heterocycles. The smallest absolute Gasteiger partial charge is 0.240 e. The van der Waals surface area contributed by atoms with Gasteiger partial charge in [-0.2, -0.15) is 0 Å². The Morgan fingerprint density at radius 1 is 1.21 bits per heavy atom. The van der Waals surface area contributed by atoms with Crippen molar-refractivity contribution in [2.45, 2.75) is 32.1 Å². The van der Waals surface area contributed by atoms with Crippen LogP contribution >= 0.6 is 22.6 Å². The van der Waals surface area contributed by atoms with Crippen LogP contribution in [0.5, 0.6) is 0 Å². The summed E-state index contributed by atoms with van der Waals surface area (Å²) in [5, 5.41) is 0. The highest BCUT2D eigenvalue weighted by atomic mass is 127. The van der Waals surface area contributed by atoms with E-state index in [4.69, 9.17) is 0 Å². The van der Waals surface area contributed by atoms with Crippen molar-refractivity contribution in [1.29, 1.82) is 0 Å². The van der Waals surface area contributed by atoms with E-state index in [1.807, 2.05) is 22.6 Å². The lowest BCUT2D eigenvalue weighted by molar-refractivity contribution is -0.125. The summed E-state index contributed by atoms with van der Waals surface area (Å²) in [6.07, 6.45) is 3.91. The van der Waals surface area contributed by atoms with Crippen molar-refractivity contribution in [3.8, 4) is 0 Å². The molecule has 0 aromatic heterocycles. The third kappa shape index (κ3) is 1.98. The van der Waals surface area contributed by atoms with Gasteiger partial charge in [0.05, 0.1) is 11.1 Å². The Morgan fingerprint density at radius 2 is 1.89 bits per heavy atom. The normalized spacial score (nSPS) is 21.7. The van der Waals surface area contributed by atoms with Gasteiger partial charge >= 0.3 is 0 Å². The summed E-state index contributed by atoms with van der Waals surface area (Å²) in [5.74, 6) is -0.612. The Morgan fingerprint density at radius 3 is 2.53 bits per heavy atom. The fourth-order valence-corrected chi connectivity index (χ4v) is 3.86. The molecular weight excluding hydrogens is 360 g/mol. The van der Waals surface area contributed by atoms with Crippen molar-refractivity contribution in [2.24, 2.45) is 5.41 Å². The number of carbonyl (C=O) groups is 2. The molecule has 0 unspecified atom stereocenters. The van der Waals surface area contributed by atoms with Gasteiger partial charge in [0.15, 0.2) is 0 Å². The van der Waals surface area contributed by atoms with Crippen molar-refractivity contribution >= 4 is 40.1 Å². The third-order valence-corrected chi connectivity index (χ3v) is 4.97. The van der Waals surface area contributed by atoms with Gasteiger partial charge in [0.2, 0.25) is 11.8 Å². The summed E-state index contributed by atoms with van der Waals surface area (Å²) < 4.78 is 13.7. The molecule has 1 saturated carbocycles. The first-order valence-corrected chi connectivity index (χ1v) is 7.44. The lowest BCUT2D eigenvalue weighted by Gasteiger charge is -2.21. The minimum Gasteiger partial charge on any atom is -0.274 e. The zero-order chi connectivity index (χ0) is 13.6. The molecule has 2 amide bonds. The van der Waals surface area contributed by atoms with Crippen LogP contribution in [0.25, 0.3) is 0 Å².